The first-order chi connectivity index (χ1) is 9.99. The molecule has 2 nitrogen and oxygen atoms in total. The van der Waals surface area contributed by atoms with Crippen LogP contribution < -0.4 is 10.2 Å². The quantitative estimate of drug-likeness (QED) is 0.839. The smallest absolute Gasteiger partial charge is 0.146 e. The summed E-state index contributed by atoms with van der Waals surface area (Å²) >= 11 is 0. The summed E-state index contributed by atoms with van der Waals surface area (Å²) in [7, 11) is 0. The molecule has 1 aliphatic heterocycles. The molecule has 1 aromatic carbocycles. The maximum Gasteiger partial charge on any atom is 0.146 e. The standard InChI is InChI=1S/C18H29FN2/c1-5-18(6-2)9-10-21(13-18)17-8-7-15(11-16(17)19)12-20-14(3)4/h7-8,11,14,20H,5-6,9-10,12-13H2,1-4H3. The number of rotatable bonds is 6. The van der Waals surface area contributed by atoms with E-state index in [1.54, 1.807) is 6.07 Å². The maximum atomic E-state index is 14.4. The predicted molar refractivity (Wildman–Crippen MR) is 88.2 cm³/mol. The minimum absolute atomic E-state index is 0.0823. The molecule has 1 heterocycles. The van der Waals surface area contributed by atoms with E-state index in [0.29, 0.717) is 11.5 Å². The second-order valence-electron chi connectivity index (χ2n) is 6.70. The van der Waals surface area contributed by atoms with Gasteiger partial charge in [-0.2, -0.15) is 0 Å². The lowest BCUT2D eigenvalue weighted by molar-refractivity contribution is 0.301. The molecule has 0 bridgehead atoms. The fourth-order valence-electron chi connectivity index (χ4n) is 3.21. The average molecular weight is 292 g/mol. The van der Waals surface area contributed by atoms with Gasteiger partial charge < -0.3 is 10.2 Å². The number of hydrogen-bond acceptors (Lipinski definition) is 2. The lowest BCUT2D eigenvalue weighted by atomic mass is 9.82. The fraction of sp³-hybridized carbons (Fsp3) is 0.667. The molecule has 1 aromatic rings. The third-order valence-electron chi connectivity index (χ3n) is 5.01. The zero-order chi connectivity index (χ0) is 15.5. The molecule has 0 amide bonds. The molecule has 0 saturated carbocycles. The molecule has 0 unspecified atom stereocenters. The topological polar surface area (TPSA) is 15.3 Å². The Morgan fingerprint density at radius 2 is 2.00 bits per heavy atom. The maximum absolute atomic E-state index is 14.4. The van der Waals surface area contributed by atoms with Gasteiger partial charge in [-0.15, -0.1) is 0 Å². The van der Waals surface area contributed by atoms with Crippen LogP contribution in [0.1, 0.15) is 52.5 Å². The van der Waals surface area contributed by atoms with Crippen molar-refractivity contribution in [2.45, 2.75) is 59.5 Å². The van der Waals surface area contributed by atoms with Crippen molar-refractivity contribution in [3.8, 4) is 0 Å². The Morgan fingerprint density at radius 3 is 2.52 bits per heavy atom. The zero-order valence-corrected chi connectivity index (χ0v) is 13.9. The Labute approximate surface area is 128 Å². The van der Waals surface area contributed by atoms with Gasteiger partial charge in [0.25, 0.3) is 0 Å². The minimum atomic E-state index is -0.0823. The summed E-state index contributed by atoms with van der Waals surface area (Å²) in [5.41, 5.74) is 2.16. The third-order valence-corrected chi connectivity index (χ3v) is 5.01. The van der Waals surface area contributed by atoms with Crippen molar-refractivity contribution in [2.24, 2.45) is 5.41 Å². The summed E-state index contributed by atoms with van der Waals surface area (Å²) in [4.78, 5) is 2.22. The minimum Gasteiger partial charge on any atom is -0.369 e. The van der Waals surface area contributed by atoms with Gasteiger partial charge in [-0.3, -0.25) is 0 Å². The third kappa shape index (κ3) is 3.76. The molecule has 1 saturated heterocycles. The molecule has 0 atom stereocenters. The van der Waals surface area contributed by atoms with Crippen LogP contribution in [0.4, 0.5) is 10.1 Å². The molecule has 1 aliphatic rings. The van der Waals surface area contributed by atoms with Gasteiger partial charge in [0.15, 0.2) is 0 Å². The van der Waals surface area contributed by atoms with Crippen LogP contribution in [0, 0.1) is 11.2 Å². The summed E-state index contributed by atoms with van der Waals surface area (Å²) in [5.74, 6) is -0.0823. The molecule has 0 spiro atoms. The van der Waals surface area contributed by atoms with Crippen molar-refractivity contribution in [2.75, 3.05) is 18.0 Å². The molecule has 0 aromatic heterocycles. The number of nitrogens with one attached hydrogen (secondary N) is 1. The number of benzene rings is 1. The first-order valence-corrected chi connectivity index (χ1v) is 8.26. The molecule has 1 fully saturated rings. The highest BCUT2D eigenvalue weighted by Gasteiger charge is 2.35. The number of halogens is 1. The van der Waals surface area contributed by atoms with Crippen LogP contribution in [-0.4, -0.2) is 19.1 Å². The summed E-state index contributed by atoms with van der Waals surface area (Å²) in [6, 6.07) is 6.10. The van der Waals surface area contributed by atoms with E-state index in [0.717, 1.165) is 30.9 Å². The monoisotopic (exact) mass is 292 g/mol. The van der Waals surface area contributed by atoms with Gasteiger partial charge in [0.2, 0.25) is 0 Å². The van der Waals surface area contributed by atoms with Crippen LogP contribution >= 0.6 is 0 Å². The van der Waals surface area contributed by atoms with E-state index in [1.165, 1.54) is 19.3 Å². The SMILES string of the molecule is CCC1(CC)CCN(c2ccc(CNC(C)C)cc2F)C1. The van der Waals surface area contributed by atoms with E-state index < -0.39 is 0 Å². The van der Waals surface area contributed by atoms with E-state index in [1.807, 2.05) is 12.1 Å². The highest BCUT2D eigenvalue weighted by atomic mass is 19.1. The molecular weight excluding hydrogens is 263 g/mol. The molecule has 3 heteroatoms. The highest BCUT2D eigenvalue weighted by Crippen LogP contribution is 2.39. The van der Waals surface area contributed by atoms with Gasteiger partial charge in [-0.1, -0.05) is 33.8 Å². The summed E-state index contributed by atoms with van der Waals surface area (Å²) in [6.07, 6.45) is 3.53. The fourth-order valence-corrected chi connectivity index (χ4v) is 3.21. The van der Waals surface area contributed by atoms with E-state index in [-0.39, 0.29) is 5.82 Å². The normalized spacial score (nSPS) is 17.7. The molecule has 0 aliphatic carbocycles. The predicted octanol–water partition coefficient (Wildman–Crippen LogP) is 4.34. The van der Waals surface area contributed by atoms with Gasteiger partial charge in [-0.25, -0.2) is 4.39 Å². The van der Waals surface area contributed by atoms with E-state index in [9.17, 15) is 4.39 Å². The largest absolute Gasteiger partial charge is 0.369 e. The van der Waals surface area contributed by atoms with Crippen molar-refractivity contribution in [3.05, 3.63) is 29.6 Å². The molecule has 21 heavy (non-hydrogen) atoms. The summed E-state index contributed by atoms with van der Waals surface area (Å²) in [6.45, 7) is 11.4. The van der Waals surface area contributed by atoms with Gasteiger partial charge in [-0.05, 0) is 42.4 Å². The van der Waals surface area contributed by atoms with Gasteiger partial charge >= 0.3 is 0 Å². The number of nitrogens with zero attached hydrogens (tertiary/aromatic N) is 1. The van der Waals surface area contributed by atoms with Gasteiger partial charge in [0, 0.05) is 25.7 Å². The lowest BCUT2D eigenvalue weighted by Crippen LogP contribution is -2.27. The van der Waals surface area contributed by atoms with Crippen molar-refractivity contribution in [1.29, 1.82) is 0 Å². The lowest BCUT2D eigenvalue weighted by Gasteiger charge is -2.27. The second kappa shape index (κ2) is 6.78. The first kappa shape index (κ1) is 16.3. The van der Waals surface area contributed by atoms with Crippen LogP contribution in [-0.2, 0) is 6.54 Å². The zero-order valence-electron chi connectivity index (χ0n) is 13.9. The highest BCUT2D eigenvalue weighted by molar-refractivity contribution is 5.50. The van der Waals surface area contributed by atoms with Crippen LogP contribution in [0.2, 0.25) is 0 Å². The van der Waals surface area contributed by atoms with Crippen molar-refractivity contribution in [1.82, 2.24) is 5.32 Å². The summed E-state index contributed by atoms with van der Waals surface area (Å²) < 4.78 is 14.4. The Morgan fingerprint density at radius 1 is 1.29 bits per heavy atom. The Hall–Kier alpha value is -1.09. The molecular formula is C18H29FN2. The van der Waals surface area contributed by atoms with Crippen LogP contribution in [0.3, 0.4) is 0 Å². The second-order valence-corrected chi connectivity index (χ2v) is 6.70. The van der Waals surface area contributed by atoms with Gasteiger partial charge in [0.1, 0.15) is 5.82 Å². The van der Waals surface area contributed by atoms with E-state index in [4.69, 9.17) is 0 Å². The van der Waals surface area contributed by atoms with Crippen LogP contribution in [0.5, 0.6) is 0 Å². The van der Waals surface area contributed by atoms with Crippen molar-refractivity contribution < 1.29 is 4.39 Å². The number of anilines is 1. The average Bonchev–Trinajstić information content (AvgIpc) is 2.90. The van der Waals surface area contributed by atoms with Crippen LogP contribution in [0.25, 0.3) is 0 Å². The van der Waals surface area contributed by atoms with E-state index >= 15 is 0 Å². The molecule has 2 rings (SSSR count). The Bertz CT molecular complexity index is 466. The molecule has 118 valence electrons. The molecule has 0 radical (unpaired) electrons. The van der Waals surface area contributed by atoms with Crippen LogP contribution in [0.15, 0.2) is 18.2 Å². The Balaban J connectivity index is 2.08. The van der Waals surface area contributed by atoms with Crippen molar-refractivity contribution >= 4 is 5.69 Å². The van der Waals surface area contributed by atoms with Crippen molar-refractivity contribution in [3.63, 3.8) is 0 Å². The number of hydrogen-bond donors (Lipinski definition) is 1. The summed E-state index contributed by atoms with van der Waals surface area (Å²) in [5, 5.41) is 3.33. The first-order valence-electron chi connectivity index (χ1n) is 8.26. The van der Waals surface area contributed by atoms with Gasteiger partial charge in [0.05, 0.1) is 5.69 Å². The Kier molecular flexibility index (Phi) is 5.26. The molecule has 1 N–H and O–H groups in total. The van der Waals surface area contributed by atoms with E-state index in [2.05, 4.69) is 37.9 Å².